The summed E-state index contributed by atoms with van der Waals surface area (Å²) in [5, 5.41) is 16.7. The van der Waals surface area contributed by atoms with E-state index in [1.165, 1.54) is 25.7 Å². The van der Waals surface area contributed by atoms with E-state index in [2.05, 4.69) is 32.6 Å². The Hall–Kier alpha value is -1.69. The maximum absolute atomic E-state index is 4.68. The Morgan fingerprint density at radius 1 is 1.10 bits per heavy atom. The van der Waals surface area contributed by atoms with Gasteiger partial charge in [0.05, 0.1) is 0 Å². The van der Waals surface area contributed by atoms with Gasteiger partial charge in [-0.3, -0.25) is 0 Å². The van der Waals surface area contributed by atoms with Crippen molar-refractivity contribution in [2.75, 3.05) is 25.5 Å². The molecule has 2 aliphatic rings. The maximum Gasteiger partial charge on any atom is 0.178 e. The molecule has 2 aromatic rings. The lowest BCUT2D eigenvalue weighted by molar-refractivity contribution is 0.263. The molecule has 0 amide bonds. The summed E-state index contributed by atoms with van der Waals surface area (Å²) in [6.45, 7) is 2.31. The second kappa shape index (κ2) is 4.70. The summed E-state index contributed by atoms with van der Waals surface area (Å²) in [5.74, 6) is 2.52. The normalized spacial score (nSPS) is 21.4. The predicted molar refractivity (Wildman–Crippen MR) is 76.9 cm³/mol. The number of hydrogen-bond acceptors (Lipinski definition) is 5. The number of rotatable bonds is 3. The molecule has 3 heterocycles. The molecular weight excluding hydrogens is 252 g/mol. The highest BCUT2D eigenvalue weighted by atomic mass is 15.4. The van der Waals surface area contributed by atoms with Crippen molar-refractivity contribution in [1.29, 1.82) is 0 Å². The van der Waals surface area contributed by atoms with E-state index in [0.717, 1.165) is 30.4 Å². The number of aromatic nitrogens is 4. The van der Waals surface area contributed by atoms with Crippen molar-refractivity contribution in [3.8, 4) is 0 Å². The number of nitrogens with zero attached hydrogens (tertiary/aromatic N) is 5. The highest BCUT2D eigenvalue weighted by Crippen LogP contribution is 2.38. The van der Waals surface area contributed by atoms with Crippen LogP contribution in [0.1, 0.15) is 37.4 Å². The second-order valence-corrected chi connectivity index (χ2v) is 6.04. The van der Waals surface area contributed by atoms with Crippen LogP contribution in [-0.2, 0) is 0 Å². The third-order valence-electron chi connectivity index (χ3n) is 4.30. The van der Waals surface area contributed by atoms with Crippen LogP contribution in [0.5, 0.6) is 0 Å². The van der Waals surface area contributed by atoms with Gasteiger partial charge in [0.2, 0.25) is 0 Å². The molecule has 0 radical (unpaired) electrons. The smallest absolute Gasteiger partial charge is 0.178 e. The SMILES string of the molecule is CN1CCC(Nc2ccc3nnc(C4CC4)n3n2)CC1. The Morgan fingerprint density at radius 2 is 1.90 bits per heavy atom. The summed E-state index contributed by atoms with van der Waals surface area (Å²) >= 11 is 0. The van der Waals surface area contributed by atoms with Crippen LogP contribution < -0.4 is 5.32 Å². The molecule has 1 saturated heterocycles. The minimum Gasteiger partial charge on any atom is -0.366 e. The Morgan fingerprint density at radius 3 is 2.65 bits per heavy atom. The zero-order valence-corrected chi connectivity index (χ0v) is 11.8. The van der Waals surface area contributed by atoms with Crippen molar-refractivity contribution >= 4 is 11.5 Å². The van der Waals surface area contributed by atoms with Crippen molar-refractivity contribution in [1.82, 2.24) is 24.7 Å². The van der Waals surface area contributed by atoms with Gasteiger partial charge >= 0.3 is 0 Å². The van der Waals surface area contributed by atoms with E-state index in [0.29, 0.717) is 12.0 Å². The molecule has 6 heteroatoms. The molecule has 0 unspecified atom stereocenters. The van der Waals surface area contributed by atoms with Gasteiger partial charge in [0.15, 0.2) is 11.5 Å². The van der Waals surface area contributed by atoms with Gasteiger partial charge in [0.1, 0.15) is 5.82 Å². The van der Waals surface area contributed by atoms with E-state index in [4.69, 9.17) is 0 Å². The molecule has 20 heavy (non-hydrogen) atoms. The average molecular weight is 272 g/mol. The Labute approximate surface area is 118 Å². The fourth-order valence-corrected chi connectivity index (χ4v) is 2.84. The first-order valence-electron chi connectivity index (χ1n) is 7.47. The Balaban J connectivity index is 1.55. The fraction of sp³-hybridized carbons (Fsp3) is 0.643. The number of likely N-dealkylation sites (tertiary alicyclic amines) is 1. The van der Waals surface area contributed by atoms with E-state index in [9.17, 15) is 0 Å². The molecule has 0 spiro atoms. The predicted octanol–water partition coefficient (Wildman–Crippen LogP) is 1.51. The second-order valence-electron chi connectivity index (χ2n) is 6.04. The Bertz CT molecular complexity index is 609. The largest absolute Gasteiger partial charge is 0.366 e. The zero-order chi connectivity index (χ0) is 13.5. The zero-order valence-electron chi connectivity index (χ0n) is 11.8. The van der Waals surface area contributed by atoms with Gasteiger partial charge in [0, 0.05) is 12.0 Å². The molecule has 6 nitrogen and oxygen atoms in total. The molecule has 0 aromatic carbocycles. The van der Waals surface area contributed by atoms with Crippen molar-refractivity contribution in [2.24, 2.45) is 0 Å². The van der Waals surface area contributed by atoms with Gasteiger partial charge in [-0.2, -0.15) is 4.52 Å². The fourth-order valence-electron chi connectivity index (χ4n) is 2.84. The minimum absolute atomic E-state index is 0.525. The summed E-state index contributed by atoms with van der Waals surface area (Å²) in [4.78, 5) is 2.37. The minimum atomic E-state index is 0.525. The lowest BCUT2D eigenvalue weighted by atomic mass is 10.1. The molecule has 2 fully saturated rings. The molecule has 1 saturated carbocycles. The average Bonchev–Trinajstić information content (AvgIpc) is 3.22. The first kappa shape index (κ1) is 12.1. The molecule has 1 aliphatic heterocycles. The van der Waals surface area contributed by atoms with Gasteiger partial charge in [0.25, 0.3) is 0 Å². The van der Waals surface area contributed by atoms with Crippen LogP contribution in [0.15, 0.2) is 12.1 Å². The highest BCUT2D eigenvalue weighted by molar-refractivity contribution is 5.45. The van der Waals surface area contributed by atoms with Gasteiger partial charge < -0.3 is 10.2 Å². The van der Waals surface area contributed by atoms with Gasteiger partial charge in [-0.05, 0) is 58.0 Å². The first-order chi connectivity index (χ1) is 9.79. The monoisotopic (exact) mass is 272 g/mol. The third-order valence-corrected chi connectivity index (χ3v) is 4.30. The number of fused-ring (bicyclic) bond motifs is 1. The number of anilines is 1. The summed E-state index contributed by atoms with van der Waals surface area (Å²) in [5.41, 5.74) is 0.848. The molecule has 0 atom stereocenters. The third kappa shape index (κ3) is 2.24. The maximum atomic E-state index is 4.68. The van der Waals surface area contributed by atoms with E-state index >= 15 is 0 Å². The quantitative estimate of drug-likeness (QED) is 0.917. The van der Waals surface area contributed by atoms with Crippen LogP contribution in [0, 0.1) is 0 Å². The van der Waals surface area contributed by atoms with Crippen LogP contribution in [0.2, 0.25) is 0 Å². The lowest BCUT2D eigenvalue weighted by Gasteiger charge is -2.29. The van der Waals surface area contributed by atoms with Gasteiger partial charge in [-0.1, -0.05) is 0 Å². The van der Waals surface area contributed by atoms with Crippen molar-refractivity contribution in [2.45, 2.75) is 37.6 Å². The lowest BCUT2D eigenvalue weighted by Crippen LogP contribution is -2.36. The first-order valence-corrected chi connectivity index (χ1v) is 7.47. The Kier molecular flexibility index (Phi) is 2.84. The molecule has 106 valence electrons. The molecular formula is C14H20N6. The molecule has 1 N–H and O–H groups in total. The van der Waals surface area contributed by atoms with Crippen molar-refractivity contribution in [3.63, 3.8) is 0 Å². The van der Waals surface area contributed by atoms with Crippen LogP contribution in [-0.4, -0.2) is 50.9 Å². The molecule has 0 bridgehead atoms. The van der Waals surface area contributed by atoms with E-state index in [-0.39, 0.29) is 0 Å². The standard InChI is InChI=1S/C14H20N6/c1-19-8-6-11(7-9-19)15-12-4-5-13-16-17-14(10-2-3-10)20(13)18-12/h4-5,10-11H,2-3,6-9H2,1H3,(H,15,18). The molecule has 4 rings (SSSR count). The van der Waals surface area contributed by atoms with Gasteiger partial charge in [-0.25, -0.2) is 0 Å². The number of hydrogen-bond donors (Lipinski definition) is 1. The van der Waals surface area contributed by atoms with Gasteiger partial charge in [-0.15, -0.1) is 15.3 Å². The topological polar surface area (TPSA) is 58.3 Å². The van der Waals surface area contributed by atoms with Crippen LogP contribution in [0.4, 0.5) is 5.82 Å². The number of piperidine rings is 1. The van der Waals surface area contributed by atoms with Crippen LogP contribution in [0.3, 0.4) is 0 Å². The van der Waals surface area contributed by atoms with E-state index in [1.807, 2.05) is 16.6 Å². The summed E-state index contributed by atoms with van der Waals surface area (Å²) in [7, 11) is 2.18. The van der Waals surface area contributed by atoms with E-state index in [1.54, 1.807) is 0 Å². The van der Waals surface area contributed by atoms with Crippen LogP contribution >= 0.6 is 0 Å². The molecule has 1 aliphatic carbocycles. The highest BCUT2D eigenvalue weighted by Gasteiger charge is 2.29. The summed E-state index contributed by atoms with van der Waals surface area (Å²) in [6.07, 6.45) is 4.78. The van der Waals surface area contributed by atoms with Crippen LogP contribution in [0.25, 0.3) is 5.65 Å². The number of nitrogens with one attached hydrogen (secondary N) is 1. The molecule has 2 aromatic heterocycles. The van der Waals surface area contributed by atoms with Crippen molar-refractivity contribution in [3.05, 3.63) is 18.0 Å². The summed E-state index contributed by atoms with van der Waals surface area (Å²) < 4.78 is 1.91. The van der Waals surface area contributed by atoms with E-state index < -0.39 is 0 Å². The van der Waals surface area contributed by atoms with Crippen molar-refractivity contribution < 1.29 is 0 Å². The summed E-state index contributed by atoms with van der Waals surface area (Å²) in [6, 6.07) is 4.54.